The van der Waals surface area contributed by atoms with Crippen molar-refractivity contribution in [2.24, 2.45) is 0 Å². The molecule has 0 spiro atoms. The van der Waals surface area contributed by atoms with Crippen LogP contribution in [-0.4, -0.2) is 19.1 Å². The monoisotopic (exact) mass is 291 g/mol. The van der Waals surface area contributed by atoms with Crippen LogP contribution in [0.15, 0.2) is 34.9 Å². The molecule has 1 aromatic heterocycles. The molecule has 2 aromatic rings. The molecule has 1 atom stereocenters. The fourth-order valence-corrected chi connectivity index (χ4v) is 2.63. The SMILES string of the molecule is Cc1occc1C(Cl)c1ccc2c(c1)C(=O)NCCO2. The van der Waals surface area contributed by atoms with E-state index in [1.54, 1.807) is 18.4 Å². The lowest BCUT2D eigenvalue weighted by Gasteiger charge is -2.12. The maximum Gasteiger partial charge on any atom is 0.255 e. The number of carbonyl (C=O) groups excluding carboxylic acids is 1. The van der Waals surface area contributed by atoms with Crippen molar-refractivity contribution in [3.63, 3.8) is 0 Å². The summed E-state index contributed by atoms with van der Waals surface area (Å²) in [6.07, 6.45) is 1.61. The van der Waals surface area contributed by atoms with Crippen molar-refractivity contribution in [3.05, 3.63) is 53.0 Å². The Hall–Kier alpha value is -1.94. The molecule has 1 aromatic carbocycles. The van der Waals surface area contributed by atoms with Crippen LogP contribution in [0.4, 0.5) is 0 Å². The van der Waals surface area contributed by atoms with E-state index in [4.69, 9.17) is 20.8 Å². The smallest absolute Gasteiger partial charge is 0.255 e. The standard InChI is InChI=1S/C15H14ClNO3/c1-9-11(4-6-19-9)14(16)10-2-3-13-12(8-10)15(18)17-5-7-20-13/h2-4,6,8,14H,5,7H2,1H3,(H,17,18). The average molecular weight is 292 g/mol. The van der Waals surface area contributed by atoms with Crippen LogP contribution in [0.3, 0.4) is 0 Å². The minimum Gasteiger partial charge on any atom is -0.491 e. The minimum atomic E-state index is -0.352. The summed E-state index contributed by atoms with van der Waals surface area (Å²) < 4.78 is 10.8. The zero-order chi connectivity index (χ0) is 14.1. The molecule has 1 N–H and O–H groups in total. The van der Waals surface area contributed by atoms with Gasteiger partial charge in [-0.15, -0.1) is 11.6 Å². The second-order valence-electron chi connectivity index (χ2n) is 4.65. The third-order valence-corrected chi connectivity index (χ3v) is 3.85. The third kappa shape index (κ3) is 2.27. The Labute approximate surface area is 121 Å². The second-order valence-corrected chi connectivity index (χ2v) is 5.09. The van der Waals surface area contributed by atoms with Gasteiger partial charge < -0.3 is 14.5 Å². The predicted octanol–water partition coefficient (Wildman–Crippen LogP) is 3.04. The van der Waals surface area contributed by atoms with Gasteiger partial charge in [-0.3, -0.25) is 4.79 Å². The maximum atomic E-state index is 12.0. The second kappa shape index (κ2) is 5.21. The van der Waals surface area contributed by atoms with Gasteiger partial charge in [0.1, 0.15) is 18.1 Å². The lowest BCUT2D eigenvalue weighted by Crippen LogP contribution is -2.24. The van der Waals surface area contributed by atoms with Crippen molar-refractivity contribution in [1.82, 2.24) is 5.32 Å². The molecule has 2 heterocycles. The summed E-state index contributed by atoms with van der Waals surface area (Å²) in [6, 6.07) is 7.29. The zero-order valence-corrected chi connectivity index (χ0v) is 11.7. The van der Waals surface area contributed by atoms with E-state index in [2.05, 4.69) is 5.32 Å². The number of benzene rings is 1. The number of halogens is 1. The Morgan fingerprint density at radius 1 is 1.35 bits per heavy atom. The van der Waals surface area contributed by atoms with Crippen LogP contribution < -0.4 is 10.1 Å². The highest BCUT2D eigenvalue weighted by Gasteiger charge is 2.21. The van der Waals surface area contributed by atoms with E-state index in [0.29, 0.717) is 24.5 Å². The molecule has 1 aliphatic heterocycles. The van der Waals surface area contributed by atoms with Gasteiger partial charge in [-0.05, 0) is 30.7 Å². The Morgan fingerprint density at radius 3 is 2.95 bits per heavy atom. The number of carbonyl (C=O) groups is 1. The molecule has 20 heavy (non-hydrogen) atoms. The summed E-state index contributed by atoms with van der Waals surface area (Å²) in [5.41, 5.74) is 2.27. The molecule has 3 rings (SSSR count). The largest absolute Gasteiger partial charge is 0.491 e. The molecular formula is C15H14ClNO3. The van der Waals surface area contributed by atoms with Crippen LogP contribution in [0.2, 0.25) is 0 Å². The van der Waals surface area contributed by atoms with Crippen molar-refractivity contribution < 1.29 is 13.9 Å². The average Bonchev–Trinajstić information content (AvgIpc) is 2.79. The van der Waals surface area contributed by atoms with Crippen LogP contribution in [0, 0.1) is 6.92 Å². The van der Waals surface area contributed by atoms with Crippen molar-refractivity contribution in [2.75, 3.05) is 13.2 Å². The number of rotatable bonds is 2. The number of furan rings is 1. The third-order valence-electron chi connectivity index (χ3n) is 3.36. The molecule has 0 fully saturated rings. The fraction of sp³-hybridized carbons (Fsp3) is 0.267. The van der Waals surface area contributed by atoms with Crippen LogP contribution in [0.25, 0.3) is 0 Å². The lowest BCUT2D eigenvalue weighted by atomic mass is 10.0. The van der Waals surface area contributed by atoms with Crippen molar-refractivity contribution in [2.45, 2.75) is 12.3 Å². The summed E-state index contributed by atoms with van der Waals surface area (Å²) >= 11 is 6.48. The predicted molar refractivity (Wildman–Crippen MR) is 75.4 cm³/mol. The summed E-state index contributed by atoms with van der Waals surface area (Å²) in [5.74, 6) is 1.24. The molecule has 4 nitrogen and oxygen atoms in total. The van der Waals surface area contributed by atoms with Crippen LogP contribution in [0.1, 0.15) is 32.6 Å². The highest BCUT2D eigenvalue weighted by molar-refractivity contribution is 6.22. The first-order valence-corrected chi connectivity index (χ1v) is 6.83. The molecule has 0 radical (unpaired) electrons. The van der Waals surface area contributed by atoms with Gasteiger partial charge in [0.25, 0.3) is 5.91 Å². The number of alkyl halides is 1. The molecular weight excluding hydrogens is 278 g/mol. The van der Waals surface area contributed by atoms with E-state index in [9.17, 15) is 4.79 Å². The summed E-state index contributed by atoms with van der Waals surface area (Å²) in [4.78, 5) is 12.0. The van der Waals surface area contributed by atoms with Gasteiger partial charge in [-0.1, -0.05) is 6.07 Å². The first-order valence-electron chi connectivity index (χ1n) is 6.40. The maximum absolute atomic E-state index is 12.0. The first-order chi connectivity index (χ1) is 9.66. The molecule has 0 bridgehead atoms. The number of nitrogens with one attached hydrogen (secondary N) is 1. The van der Waals surface area contributed by atoms with Crippen molar-refractivity contribution >= 4 is 17.5 Å². The van der Waals surface area contributed by atoms with Gasteiger partial charge in [0.2, 0.25) is 0 Å². The van der Waals surface area contributed by atoms with E-state index in [-0.39, 0.29) is 11.3 Å². The number of amides is 1. The highest BCUT2D eigenvalue weighted by Crippen LogP contribution is 2.34. The van der Waals surface area contributed by atoms with Crippen LogP contribution >= 0.6 is 11.6 Å². The highest BCUT2D eigenvalue weighted by atomic mass is 35.5. The molecule has 1 aliphatic rings. The Kier molecular flexibility index (Phi) is 3.40. The number of hydrogen-bond donors (Lipinski definition) is 1. The van der Waals surface area contributed by atoms with Gasteiger partial charge in [-0.25, -0.2) is 0 Å². The minimum absolute atomic E-state index is 0.132. The van der Waals surface area contributed by atoms with Gasteiger partial charge in [0.15, 0.2) is 0 Å². The van der Waals surface area contributed by atoms with Crippen molar-refractivity contribution in [3.8, 4) is 5.75 Å². The van der Waals surface area contributed by atoms with Crippen molar-refractivity contribution in [1.29, 1.82) is 0 Å². The van der Waals surface area contributed by atoms with Crippen LogP contribution in [-0.2, 0) is 0 Å². The summed E-state index contributed by atoms with van der Waals surface area (Å²) in [7, 11) is 0. The van der Waals surface area contributed by atoms with Gasteiger partial charge in [-0.2, -0.15) is 0 Å². The van der Waals surface area contributed by atoms with E-state index in [0.717, 1.165) is 16.9 Å². The molecule has 0 aliphatic carbocycles. The van der Waals surface area contributed by atoms with Gasteiger partial charge in [0, 0.05) is 5.56 Å². The lowest BCUT2D eigenvalue weighted by molar-refractivity contribution is 0.0957. The van der Waals surface area contributed by atoms with E-state index < -0.39 is 0 Å². The van der Waals surface area contributed by atoms with Gasteiger partial charge >= 0.3 is 0 Å². The number of ether oxygens (including phenoxy) is 1. The normalized spacial score (nSPS) is 15.8. The molecule has 1 amide bonds. The number of aryl methyl sites for hydroxylation is 1. The van der Waals surface area contributed by atoms with E-state index >= 15 is 0 Å². The van der Waals surface area contributed by atoms with Crippen LogP contribution in [0.5, 0.6) is 5.75 Å². The summed E-state index contributed by atoms with van der Waals surface area (Å²) in [5, 5.41) is 2.44. The fourth-order valence-electron chi connectivity index (χ4n) is 2.27. The molecule has 5 heteroatoms. The molecule has 104 valence electrons. The Bertz CT molecular complexity index is 650. The number of hydrogen-bond acceptors (Lipinski definition) is 3. The topological polar surface area (TPSA) is 51.5 Å². The zero-order valence-electron chi connectivity index (χ0n) is 11.0. The Morgan fingerprint density at radius 2 is 2.20 bits per heavy atom. The summed E-state index contributed by atoms with van der Waals surface area (Å²) in [6.45, 7) is 2.85. The van der Waals surface area contributed by atoms with E-state index in [1.165, 1.54) is 0 Å². The quantitative estimate of drug-likeness (QED) is 0.865. The first kappa shape index (κ1) is 13.1. The number of fused-ring (bicyclic) bond motifs is 1. The molecule has 1 unspecified atom stereocenters. The van der Waals surface area contributed by atoms with E-state index in [1.807, 2.05) is 19.1 Å². The molecule has 0 saturated carbocycles. The Balaban J connectivity index is 2.00. The van der Waals surface area contributed by atoms with Gasteiger partial charge in [0.05, 0.1) is 23.7 Å². The molecule has 0 saturated heterocycles.